The van der Waals surface area contributed by atoms with Gasteiger partial charge in [-0.25, -0.2) is 0 Å². The topological polar surface area (TPSA) is 43.4 Å². The lowest BCUT2D eigenvalue weighted by molar-refractivity contribution is -0.151. The Morgan fingerprint density at radius 1 is 1.30 bits per heavy atom. The van der Waals surface area contributed by atoms with Crippen molar-refractivity contribution in [2.75, 3.05) is 6.61 Å². The molecule has 1 aromatic carbocycles. The van der Waals surface area contributed by atoms with Crippen LogP contribution in [0.2, 0.25) is 0 Å². The molecule has 1 rings (SSSR count). The second-order valence-electron chi connectivity index (χ2n) is 5.22. The first kappa shape index (κ1) is 19.4. The van der Waals surface area contributed by atoms with E-state index in [0.717, 1.165) is 22.9 Å². The van der Waals surface area contributed by atoms with Crippen LogP contribution in [0, 0.1) is 5.92 Å². The summed E-state index contributed by atoms with van der Waals surface area (Å²) in [6.45, 7) is 7.14. The van der Waals surface area contributed by atoms with Crippen LogP contribution in [0.5, 0.6) is 0 Å². The molecule has 0 saturated carbocycles. The van der Waals surface area contributed by atoms with E-state index in [9.17, 15) is 9.59 Å². The fourth-order valence-corrected chi connectivity index (χ4v) is 2.89. The van der Waals surface area contributed by atoms with Crippen LogP contribution < -0.4 is 0 Å². The zero-order valence-electron chi connectivity index (χ0n) is 13.6. The number of halogens is 1. The number of ether oxygens (including phenoxy) is 1. The first-order valence-electron chi connectivity index (χ1n) is 7.70. The molecular weight excluding hydrogens is 356 g/mol. The van der Waals surface area contributed by atoms with Gasteiger partial charge < -0.3 is 4.74 Å². The highest BCUT2D eigenvalue weighted by atomic mass is 79.9. The lowest BCUT2D eigenvalue weighted by Crippen LogP contribution is -2.30. The van der Waals surface area contributed by atoms with Crippen molar-refractivity contribution in [2.24, 2.45) is 5.92 Å². The summed E-state index contributed by atoms with van der Waals surface area (Å²) in [4.78, 5) is 24.4. The smallest absolute Gasteiger partial charge is 0.317 e. The summed E-state index contributed by atoms with van der Waals surface area (Å²) in [7, 11) is 0. The molecule has 0 aliphatic rings. The molecule has 0 aliphatic carbocycles. The van der Waals surface area contributed by atoms with Crippen molar-refractivity contribution in [1.82, 2.24) is 0 Å². The van der Waals surface area contributed by atoms with Gasteiger partial charge in [0.1, 0.15) is 11.7 Å². The fraction of sp³-hybridized carbons (Fsp3) is 0.368. The molecule has 0 amide bonds. The van der Waals surface area contributed by atoms with Crippen molar-refractivity contribution in [3.63, 3.8) is 0 Å². The van der Waals surface area contributed by atoms with E-state index < -0.39 is 11.9 Å². The number of benzene rings is 1. The number of hydrogen-bond acceptors (Lipinski definition) is 3. The minimum Gasteiger partial charge on any atom is -0.465 e. The summed E-state index contributed by atoms with van der Waals surface area (Å²) in [6, 6.07) is 9.55. The molecule has 0 spiro atoms. The minimum absolute atomic E-state index is 0.197. The summed E-state index contributed by atoms with van der Waals surface area (Å²) < 4.78 is 6.06. The van der Waals surface area contributed by atoms with E-state index in [-0.39, 0.29) is 18.3 Å². The van der Waals surface area contributed by atoms with Crippen molar-refractivity contribution in [3.05, 3.63) is 59.1 Å². The Morgan fingerprint density at radius 2 is 1.96 bits per heavy atom. The Kier molecular flexibility index (Phi) is 8.56. The molecular formula is C19H23BrO3. The maximum absolute atomic E-state index is 12.3. The van der Waals surface area contributed by atoms with Gasteiger partial charge in [0.05, 0.1) is 6.61 Å². The van der Waals surface area contributed by atoms with Crippen molar-refractivity contribution in [1.29, 1.82) is 0 Å². The highest BCUT2D eigenvalue weighted by Crippen LogP contribution is 2.31. The SMILES string of the molecule is C=CCC/C(Br)=C/C(c1ccccc1)C(C(C)=O)C(=O)OCC. The highest BCUT2D eigenvalue weighted by molar-refractivity contribution is 9.11. The van der Waals surface area contributed by atoms with E-state index >= 15 is 0 Å². The lowest BCUT2D eigenvalue weighted by atomic mass is 9.83. The zero-order chi connectivity index (χ0) is 17.2. The van der Waals surface area contributed by atoms with Gasteiger partial charge in [-0.2, -0.15) is 0 Å². The van der Waals surface area contributed by atoms with Gasteiger partial charge in [-0.3, -0.25) is 9.59 Å². The van der Waals surface area contributed by atoms with Crippen molar-refractivity contribution >= 4 is 27.7 Å². The number of hydrogen-bond donors (Lipinski definition) is 0. The predicted molar refractivity (Wildman–Crippen MR) is 96.4 cm³/mol. The van der Waals surface area contributed by atoms with Gasteiger partial charge >= 0.3 is 5.97 Å². The van der Waals surface area contributed by atoms with Gasteiger partial charge in [0.25, 0.3) is 0 Å². The molecule has 4 heteroatoms. The lowest BCUT2D eigenvalue weighted by Gasteiger charge is -2.22. The monoisotopic (exact) mass is 378 g/mol. The third-order valence-electron chi connectivity index (χ3n) is 3.47. The standard InChI is InChI=1S/C19H23BrO3/c1-4-6-12-16(20)13-17(15-10-8-7-9-11-15)18(14(3)21)19(22)23-5-2/h4,7-11,13,17-18H,1,5-6,12H2,2-3H3/b16-13-. The van der Waals surface area contributed by atoms with Crippen LogP contribution in [0.3, 0.4) is 0 Å². The molecule has 0 fully saturated rings. The van der Waals surface area contributed by atoms with Crippen molar-refractivity contribution in [3.8, 4) is 0 Å². The first-order valence-corrected chi connectivity index (χ1v) is 8.49. The van der Waals surface area contributed by atoms with E-state index in [0.29, 0.717) is 0 Å². The van der Waals surface area contributed by atoms with E-state index in [2.05, 4.69) is 22.5 Å². The van der Waals surface area contributed by atoms with Crippen LogP contribution in [-0.2, 0) is 14.3 Å². The van der Waals surface area contributed by atoms with Crippen LogP contribution >= 0.6 is 15.9 Å². The normalized spacial score (nSPS) is 14.0. The maximum Gasteiger partial charge on any atom is 0.317 e. The molecule has 0 aliphatic heterocycles. The zero-order valence-corrected chi connectivity index (χ0v) is 15.2. The number of Topliss-reactive ketones (excluding diaryl/α,β-unsaturated/α-hetero) is 1. The second kappa shape index (κ2) is 10.2. The van der Waals surface area contributed by atoms with Gasteiger partial charge in [-0.15, -0.1) is 6.58 Å². The number of carbonyl (C=O) groups is 2. The van der Waals surface area contributed by atoms with Gasteiger partial charge in [-0.1, -0.05) is 58.4 Å². The largest absolute Gasteiger partial charge is 0.465 e. The maximum atomic E-state index is 12.3. The summed E-state index contributed by atoms with van der Waals surface area (Å²) in [5, 5.41) is 0. The van der Waals surface area contributed by atoms with E-state index in [1.807, 2.05) is 42.5 Å². The molecule has 1 aromatic rings. The summed E-state index contributed by atoms with van der Waals surface area (Å²) >= 11 is 3.53. The number of carbonyl (C=O) groups excluding carboxylic acids is 2. The molecule has 124 valence electrons. The molecule has 3 nitrogen and oxygen atoms in total. The quantitative estimate of drug-likeness (QED) is 0.352. The first-order chi connectivity index (χ1) is 11.0. The Hall–Kier alpha value is -1.68. The average molecular weight is 379 g/mol. The predicted octanol–water partition coefficient (Wildman–Crippen LogP) is 4.78. The van der Waals surface area contributed by atoms with Crippen LogP contribution in [-0.4, -0.2) is 18.4 Å². The van der Waals surface area contributed by atoms with E-state index in [1.165, 1.54) is 6.92 Å². The minimum atomic E-state index is -0.839. The molecule has 23 heavy (non-hydrogen) atoms. The number of allylic oxidation sites excluding steroid dienone is 3. The molecule has 0 aromatic heterocycles. The highest BCUT2D eigenvalue weighted by Gasteiger charge is 2.33. The molecule has 0 heterocycles. The van der Waals surface area contributed by atoms with Crippen molar-refractivity contribution < 1.29 is 14.3 Å². The summed E-state index contributed by atoms with van der Waals surface area (Å²) in [5.74, 6) is -1.87. The third kappa shape index (κ3) is 6.14. The third-order valence-corrected chi connectivity index (χ3v) is 4.13. The molecule has 2 atom stereocenters. The van der Waals surface area contributed by atoms with E-state index in [1.54, 1.807) is 6.92 Å². The Bertz CT molecular complexity index is 563. The van der Waals surface area contributed by atoms with Gasteiger partial charge in [0.15, 0.2) is 0 Å². The molecule has 0 radical (unpaired) electrons. The average Bonchev–Trinajstić information content (AvgIpc) is 2.53. The molecule has 0 saturated heterocycles. The summed E-state index contributed by atoms with van der Waals surface area (Å²) in [5.41, 5.74) is 0.913. The Morgan fingerprint density at radius 3 is 2.48 bits per heavy atom. The number of ketones is 1. The second-order valence-corrected chi connectivity index (χ2v) is 6.24. The molecule has 0 N–H and O–H groups in total. The number of rotatable bonds is 9. The Labute approximate surface area is 146 Å². The molecule has 2 unspecified atom stereocenters. The fourth-order valence-electron chi connectivity index (χ4n) is 2.38. The van der Waals surface area contributed by atoms with Gasteiger partial charge in [0, 0.05) is 5.92 Å². The van der Waals surface area contributed by atoms with Crippen molar-refractivity contribution in [2.45, 2.75) is 32.6 Å². The van der Waals surface area contributed by atoms with E-state index in [4.69, 9.17) is 4.74 Å². The Balaban J connectivity index is 3.23. The van der Waals surface area contributed by atoms with Crippen LogP contribution in [0.4, 0.5) is 0 Å². The summed E-state index contributed by atoms with van der Waals surface area (Å²) in [6.07, 6.45) is 5.37. The molecule has 0 bridgehead atoms. The van der Waals surface area contributed by atoms with Crippen LogP contribution in [0.1, 0.15) is 38.2 Å². The number of esters is 1. The van der Waals surface area contributed by atoms with Crippen LogP contribution in [0.25, 0.3) is 0 Å². The van der Waals surface area contributed by atoms with Gasteiger partial charge in [-0.05, 0) is 36.7 Å². The van der Waals surface area contributed by atoms with Gasteiger partial charge in [0.2, 0.25) is 0 Å². The van der Waals surface area contributed by atoms with Crippen LogP contribution in [0.15, 0.2) is 53.5 Å².